The van der Waals surface area contributed by atoms with Crippen molar-refractivity contribution in [3.05, 3.63) is 24.3 Å². The van der Waals surface area contributed by atoms with Crippen LogP contribution < -0.4 is 15.4 Å². The number of halogens is 2. The molecular formula is C17H25F2N3O3S. The van der Waals surface area contributed by atoms with E-state index < -0.39 is 27.7 Å². The van der Waals surface area contributed by atoms with Crippen LogP contribution >= 0.6 is 0 Å². The highest BCUT2D eigenvalue weighted by atomic mass is 32.2. The average Bonchev–Trinajstić information content (AvgIpc) is 2.88. The summed E-state index contributed by atoms with van der Waals surface area (Å²) in [4.78, 5) is 15.3. The van der Waals surface area contributed by atoms with Gasteiger partial charge in [-0.3, -0.25) is 9.00 Å². The Morgan fingerprint density at radius 1 is 1.23 bits per heavy atom. The SMILES string of the molecule is CCOc1ccc(N2CCCN(C(=O)C(F)(F)S(=O)CCN)CC2)cc1. The molecule has 0 aliphatic carbocycles. The van der Waals surface area contributed by atoms with Crippen LogP contribution in [0.1, 0.15) is 13.3 Å². The van der Waals surface area contributed by atoms with Crippen LogP contribution in [0.25, 0.3) is 0 Å². The molecule has 0 radical (unpaired) electrons. The van der Waals surface area contributed by atoms with E-state index in [1.54, 1.807) is 0 Å². The molecule has 1 heterocycles. The second-order valence-corrected chi connectivity index (χ2v) is 7.53. The number of nitrogens with zero attached hydrogens (tertiary/aromatic N) is 2. The molecule has 6 nitrogen and oxygen atoms in total. The smallest absolute Gasteiger partial charge is 0.397 e. The first kappa shape index (κ1) is 20.6. The van der Waals surface area contributed by atoms with Crippen molar-refractivity contribution in [1.29, 1.82) is 0 Å². The predicted octanol–water partition coefficient (Wildman–Crippen LogP) is 1.42. The molecule has 1 unspecified atom stereocenters. The predicted molar refractivity (Wildman–Crippen MR) is 98.0 cm³/mol. The minimum atomic E-state index is -3.90. The van der Waals surface area contributed by atoms with Gasteiger partial charge in [0.25, 0.3) is 0 Å². The second-order valence-electron chi connectivity index (χ2n) is 5.91. The first-order valence-corrected chi connectivity index (χ1v) is 9.95. The van der Waals surface area contributed by atoms with E-state index >= 15 is 0 Å². The molecule has 1 saturated heterocycles. The van der Waals surface area contributed by atoms with Crippen LogP contribution in [0.3, 0.4) is 0 Å². The molecular weight excluding hydrogens is 364 g/mol. The van der Waals surface area contributed by atoms with Crippen molar-refractivity contribution < 1.29 is 22.5 Å². The first-order valence-electron chi connectivity index (χ1n) is 8.63. The van der Waals surface area contributed by atoms with Crippen LogP contribution in [-0.4, -0.2) is 65.4 Å². The maximum atomic E-state index is 14.1. The molecule has 0 spiro atoms. The second kappa shape index (κ2) is 9.27. The summed E-state index contributed by atoms with van der Waals surface area (Å²) < 4.78 is 45.2. The van der Waals surface area contributed by atoms with E-state index in [0.29, 0.717) is 26.1 Å². The monoisotopic (exact) mass is 389 g/mol. The lowest BCUT2D eigenvalue weighted by atomic mass is 10.2. The molecule has 26 heavy (non-hydrogen) atoms. The van der Waals surface area contributed by atoms with E-state index in [4.69, 9.17) is 10.5 Å². The van der Waals surface area contributed by atoms with Crippen molar-refractivity contribution >= 4 is 22.4 Å². The van der Waals surface area contributed by atoms with E-state index in [9.17, 15) is 17.8 Å². The number of rotatable bonds is 7. The van der Waals surface area contributed by atoms with Gasteiger partial charge in [0.05, 0.1) is 6.61 Å². The molecule has 1 atom stereocenters. The number of ether oxygens (including phenoxy) is 1. The van der Waals surface area contributed by atoms with Crippen LogP contribution in [-0.2, 0) is 15.6 Å². The van der Waals surface area contributed by atoms with Gasteiger partial charge in [-0.25, -0.2) is 0 Å². The largest absolute Gasteiger partial charge is 0.494 e. The van der Waals surface area contributed by atoms with Crippen LogP contribution in [0.4, 0.5) is 14.5 Å². The Hall–Kier alpha value is -1.74. The lowest BCUT2D eigenvalue weighted by Gasteiger charge is -2.26. The van der Waals surface area contributed by atoms with Gasteiger partial charge >= 0.3 is 11.2 Å². The zero-order valence-corrected chi connectivity index (χ0v) is 15.6. The van der Waals surface area contributed by atoms with E-state index in [-0.39, 0.29) is 19.6 Å². The number of benzene rings is 1. The van der Waals surface area contributed by atoms with E-state index in [2.05, 4.69) is 0 Å². The lowest BCUT2D eigenvalue weighted by molar-refractivity contribution is -0.146. The number of carbonyl (C=O) groups is 1. The molecule has 0 saturated carbocycles. The summed E-state index contributed by atoms with van der Waals surface area (Å²) in [5, 5.41) is -3.90. The third-order valence-corrected chi connectivity index (χ3v) is 5.49. The minimum Gasteiger partial charge on any atom is -0.494 e. The molecule has 1 aliphatic heterocycles. The molecule has 2 rings (SSSR count). The maximum absolute atomic E-state index is 14.1. The number of alkyl halides is 2. The average molecular weight is 389 g/mol. The third kappa shape index (κ3) is 4.91. The highest BCUT2D eigenvalue weighted by molar-refractivity contribution is 7.86. The zero-order chi connectivity index (χ0) is 19.2. The van der Waals surface area contributed by atoms with Crippen molar-refractivity contribution in [2.75, 3.05) is 50.0 Å². The molecule has 1 aromatic rings. The summed E-state index contributed by atoms with van der Waals surface area (Å²) in [5.74, 6) is -1.01. The van der Waals surface area contributed by atoms with Crippen molar-refractivity contribution in [3.63, 3.8) is 0 Å². The Morgan fingerprint density at radius 2 is 1.92 bits per heavy atom. The van der Waals surface area contributed by atoms with Gasteiger partial charge in [-0.15, -0.1) is 0 Å². The molecule has 9 heteroatoms. The molecule has 0 aromatic heterocycles. The van der Waals surface area contributed by atoms with Crippen molar-refractivity contribution in [1.82, 2.24) is 4.90 Å². The Bertz CT molecular complexity index is 628. The molecule has 1 fully saturated rings. The Morgan fingerprint density at radius 3 is 2.54 bits per heavy atom. The summed E-state index contributed by atoms with van der Waals surface area (Å²) >= 11 is 0. The number of anilines is 1. The fraction of sp³-hybridized carbons (Fsp3) is 0.588. The summed E-state index contributed by atoms with van der Waals surface area (Å²) in [6.07, 6.45) is 0.554. The molecule has 2 N–H and O–H groups in total. The van der Waals surface area contributed by atoms with E-state index in [1.165, 1.54) is 0 Å². The summed E-state index contributed by atoms with van der Waals surface area (Å²) in [6, 6.07) is 7.54. The Kier molecular flexibility index (Phi) is 7.33. The Balaban J connectivity index is 2.01. The van der Waals surface area contributed by atoms with Gasteiger partial charge in [-0.1, -0.05) is 0 Å². The quantitative estimate of drug-likeness (QED) is 0.763. The fourth-order valence-corrected chi connectivity index (χ4v) is 3.61. The molecule has 1 aromatic carbocycles. The normalized spacial score (nSPS) is 16.9. The summed E-state index contributed by atoms with van der Waals surface area (Å²) in [7, 11) is -2.59. The molecule has 0 bridgehead atoms. The van der Waals surface area contributed by atoms with E-state index in [0.717, 1.165) is 16.3 Å². The molecule has 146 valence electrons. The fourth-order valence-electron chi connectivity index (χ4n) is 2.82. The van der Waals surface area contributed by atoms with Crippen LogP contribution in [0, 0.1) is 0 Å². The van der Waals surface area contributed by atoms with Crippen LogP contribution in [0.5, 0.6) is 5.75 Å². The van der Waals surface area contributed by atoms with Crippen molar-refractivity contribution in [2.45, 2.75) is 18.6 Å². The highest BCUT2D eigenvalue weighted by Crippen LogP contribution is 2.25. The van der Waals surface area contributed by atoms with Gasteiger partial charge in [0.1, 0.15) is 16.5 Å². The van der Waals surface area contributed by atoms with Gasteiger partial charge in [0.15, 0.2) is 0 Å². The summed E-state index contributed by atoms with van der Waals surface area (Å²) in [5.41, 5.74) is 6.12. The minimum absolute atomic E-state index is 0.152. The van der Waals surface area contributed by atoms with Gasteiger partial charge in [0.2, 0.25) is 0 Å². The zero-order valence-electron chi connectivity index (χ0n) is 14.8. The third-order valence-electron chi connectivity index (χ3n) is 4.13. The molecule has 1 aliphatic rings. The highest BCUT2D eigenvalue weighted by Gasteiger charge is 2.47. The van der Waals surface area contributed by atoms with Crippen molar-refractivity contribution in [3.8, 4) is 5.75 Å². The van der Waals surface area contributed by atoms with E-state index in [1.807, 2.05) is 36.1 Å². The number of amides is 1. The van der Waals surface area contributed by atoms with Gasteiger partial charge in [0, 0.05) is 44.2 Å². The Labute approximate surface area is 154 Å². The number of nitrogens with two attached hydrogens (primary N) is 1. The van der Waals surface area contributed by atoms with Gasteiger partial charge in [-0.2, -0.15) is 8.78 Å². The number of hydrogen-bond donors (Lipinski definition) is 1. The topological polar surface area (TPSA) is 75.9 Å². The van der Waals surface area contributed by atoms with Crippen molar-refractivity contribution in [2.24, 2.45) is 5.73 Å². The maximum Gasteiger partial charge on any atom is 0.397 e. The van der Waals surface area contributed by atoms with Gasteiger partial charge in [-0.05, 0) is 37.6 Å². The standard InChI is InChI=1S/C17H25F2N3O3S/c1-2-25-15-6-4-14(5-7-15)21-9-3-10-22(12-11-21)16(23)17(18,19)26(24)13-8-20/h4-7H,2-3,8-13,20H2,1H3. The first-order chi connectivity index (χ1) is 12.4. The van der Waals surface area contributed by atoms with Crippen LogP contribution in [0.15, 0.2) is 24.3 Å². The van der Waals surface area contributed by atoms with Crippen LogP contribution in [0.2, 0.25) is 0 Å². The number of carbonyl (C=O) groups excluding carboxylic acids is 1. The van der Waals surface area contributed by atoms with Gasteiger partial charge < -0.3 is 20.3 Å². The lowest BCUT2D eigenvalue weighted by Crippen LogP contribution is -2.48. The number of hydrogen-bond acceptors (Lipinski definition) is 5. The molecule has 1 amide bonds. The summed E-state index contributed by atoms with van der Waals surface area (Å²) in [6.45, 7) is 3.78.